The lowest BCUT2D eigenvalue weighted by atomic mass is 10.1. The summed E-state index contributed by atoms with van der Waals surface area (Å²) in [4.78, 5) is 20.8. The molecular weight excluding hydrogens is 217 g/mol. The lowest BCUT2D eigenvalue weighted by Crippen LogP contribution is -2.09. The molecule has 0 amide bonds. The van der Waals surface area contributed by atoms with Gasteiger partial charge in [-0.25, -0.2) is 4.79 Å². The molecule has 0 N–H and O–H groups in total. The highest BCUT2D eigenvalue weighted by Crippen LogP contribution is 2.25. The van der Waals surface area contributed by atoms with Crippen LogP contribution < -0.4 is 0 Å². The van der Waals surface area contributed by atoms with Gasteiger partial charge in [0.2, 0.25) is 5.82 Å². The number of esters is 1. The first kappa shape index (κ1) is 11.8. The summed E-state index contributed by atoms with van der Waals surface area (Å²) in [6.07, 6.45) is 1.22. The Morgan fingerprint density at radius 1 is 1.62 bits per heavy atom. The summed E-state index contributed by atoms with van der Waals surface area (Å²) in [7, 11) is 1.06. The lowest BCUT2D eigenvalue weighted by molar-refractivity contribution is -0.387. The standard InChI is InChI=1S/C10H8FNO4/c1-3-6-4-5-7(12(14)15)9(11)8(6)10(13)16-2/h3-5H,1H2,2H3. The molecule has 1 aromatic rings. The highest BCUT2D eigenvalue weighted by atomic mass is 19.1. The van der Waals surface area contributed by atoms with Crippen LogP contribution in [-0.4, -0.2) is 18.0 Å². The van der Waals surface area contributed by atoms with Gasteiger partial charge in [-0.2, -0.15) is 4.39 Å². The minimum atomic E-state index is -1.21. The van der Waals surface area contributed by atoms with Crippen molar-refractivity contribution in [2.45, 2.75) is 0 Å². The zero-order valence-electron chi connectivity index (χ0n) is 8.40. The Bertz CT molecular complexity index is 470. The number of ether oxygens (including phenoxy) is 1. The number of carbonyl (C=O) groups is 1. The molecule has 5 nitrogen and oxygen atoms in total. The van der Waals surface area contributed by atoms with E-state index in [9.17, 15) is 19.3 Å². The van der Waals surface area contributed by atoms with Crippen molar-refractivity contribution >= 4 is 17.7 Å². The summed E-state index contributed by atoms with van der Waals surface area (Å²) in [5.41, 5.74) is -1.10. The van der Waals surface area contributed by atoms with Crippen molar-refractivity contribution in [2.75, 3.05) is 7.11 Å². The quantitative estimate of drug-likeness (QED) is 0.449. The molecule has 84 valence electrons. The predicted molar refractivity (Wildman–Crippen MR) is 54.5 cm³/mol. The van der Waals surface area contributed by atoms with Gasteiger partial charge in [-0.15, -0.1) is 0 Å². The topological polar surface area (TPSA) is 69.4 Å². The van der Waals surface area contributed by atoms with Crippen molar-refractivity contribution < 1.29 is 18.8 Å². The van der Waals surface area contributed by atoms with E-state index in [0.717, 1.165) is 13.2 Å². The summed E-state index contributed by atoms with van der Waals surface area (Å²) in [6, 6.07) is 2.21. The minimum absolute atomic E-state index is 0.148. The lowest BCUT2D eigenvalue weighted by Gasteiger charge is -2.05. The number of rotatable bonds is 3. The largest absolute Gasteiger partial charge is 0.465 e. The molecule has 0 aliphatic carbocycles. The van der Waals surface area contributed by atoms with Crippen molar-refractivity contribution in [1.82, 2.24) is 0 Å². The minimum Gasteiger partial charge on any atom is -0.465 e. The Balaban J connectivity index is 3.52. The third kappa shape index (κ3) is 1.90. The van der Waals surface area contributed by atoms with Gasteiger partial charge in [0.1, 0.15) is 5.56 Å². The van der Waals surface area contributed by atoms with E-state index < -0.39 is 28.0 Å². The van der Waals surface area contributed by atoms with E-state index >= 15 is 0 Å². The fraction of sp³-hybridized carbons (Fsp3) is 0.100. The Morgan fingerprint density at radius 3 is 2.69 bits per heavy atom. The molecule has 0 bridgehead atoms. The smallest absolute Gasteiger partial charge is 0.341 e. The van der Waals surface area contributed by atoms with Crippen LogP contribution in [0.1, 0.15) is 15.9 Å². The first-order chi connectivity index (χ1) is 7.52. The molecule has 0 aromatic heterocycles. The fourth-order valence-electron chi connectivity index (χ4n) is 1.20. The third-order valence-corrected chi connectivity index (χ3v) is 1.96. The van der Waals surface area contributed by atoms with Gasteiger partial charge in [-0.3, -0.25) is 10.1 Å². The maximum absolute atomic E-state index is 13.6. The highest BCUT2D eigenvalue weighted by molar-refractivity contribution is 5.94. The molecular formula is C10H8FNO4. The Hall–Kier alpha value is -2.24. The van der Waals surface area contributed by atoms with E-state index in [1.165, 1.54) is 12.1 Å². The molecule has 0 atom stereocenters. The first-order valence-electron chi connectivity index (χ1n) is 4.20. The SMILES string of the molecule is C=Cc1ccc([N+](=O)[O-])c(F)c1C(=O)OC. The number of carbonyl (C=O) groups excluding carboxylic acids is 1. The number of hydrogen-bond acceptors (Lipinski definition) is 4. The average molecular weight is 225 g/mol. The summed E-state index contributed by atoms with van der Waals surface area (Å²) in [6.45, 7) is 3.38. The normalized spacial score (nSPS) is 9.62. The van der Waals surface area contributed by atoms with Gasteiger partial charge in [-0.05, 0) is 11.6 Å². The number of hydrogen-bond donors (Lipinski definition) is 0. The van der Waals surface area contributed by atoms with Crippen molar-refractivity contribution in [1.29, 1.82) is 0 Å². The summed E-state index contributed by atoms with van der Waals surface area (Å²) < 4.78 is 18.0. The van der Waals surface area contributed by atoms with Crippen molar-refractivity contribution in [3.8, 4) is 0 Å². The Kier molecular flexibility index (Phi) is 3.34. The molecule has 1 aromatic carbocycles. The van der Waals surface area contributed by atoms with E-state index in [2.05, 4.69) is 11.3 Å². The molecule has 0 aliphatic rings. The monoisotopic (exact) mass is 225 g/mol. The van der Waals surface area contributed by atoms with Crippen LogP contribution in [0.3, 0.4) is 0 Å². The van der Waals surface area contributed by atoms with Crippen LogP contribution in [0.5, 0.6) is 0 Å². The molecule has 0 fully saturated rings. The molecule has 6 heteroatoms. The molecule has 0 saturated carbocycles. The number of nitro benzene ring substituents is 1. The van der Waals surface area contributed by atoms with Crippen LogP contribution in [0.15, 0.2) is 18.7 Å². The molecule has 16 heavy (non-hydrogen) atoms. The average Bonchev–Trinajstić information content (AvgIpc) is 2.26. The maximum atomic E-state index is 13.6. The van der Waals surface area contributed by atoms with Gasteiger partial charge in [0.05, 0.1) is 12.0 Å². The van der Waals surface area contributed by atoms with Gasteiger partial charge in [0, 0.05) is 6.07 Å². The van der Waals surface area contributed by atoms with Gasteiger partial charge in [-0.1, -0.05) is 12.7 Å². The van der Waals surface area contributed by atoms with E-state index in [4.69, 9.17) is 0 Å². The predicted octanol–water partition coefficient (Wildman–Crippen LogP) is 2.16. The van der Waals surface area contributed by atoms with Gasteiger partial charge in [0.25, 0.3) is 0 Å². The van der Waals surface area contributed by atoms with Crippen molar-refractivity contribution in [3.63, 3.8) is 0 Å². The fourth-order valence-corrected chi connectivity index (χ4v) is 1.20. The molecule has 0 unspecified atom stereocenters. The van der Waals surface area contributed by atoms with Gasteiger partial charge in [0.15, 0.2) is 0 Å². The van der Waals surface area contributed by atoms with E-state index in [1.807, 2.05) is 0 Å². The number of nitrogens with zero attached hydrogens (tertiary/aromatic N) is 1. The molecule has 0 spiro atoms. The summed E-state index contributed by atoms with van der Waals surface area (Å²) >= 11 is 0. The zero-order chi connectivity index (χ0) is 12.3. The molecule has 0 aliphatic heterocycles. The second-order valence-electron chi connectivity index (χ2n) is 2.82. The van der Waals surface area contributed by atoms with Crippen LogP contribution in [0.2, 0.25) is 0 Å². The molecule has 0 heterocycles. The summed E-state index contributed by atoms with van der Waals surface area (Å²) in [5, 5.41) is 10.5. The number of halogens is 1. The van der Waals surface area contributed by atoms with E-state index in [-0.39, 0.29) is 5.56 Å². The summed E-state index contributed by atoms with van der Waals surface area (Å²) in [5.74, 6) is -2.19. The zero-order valence-corrected chi connectivity index (χ0v) is 8.40. The second kappa shape index (κ2) is 4.52. The van der Waals surface area contributed by atoms with Crippen molar-refractivity contribution in [3.05, 3.63) is 45.8 Å². The second-order valence-corrected chi connectivity index (χ2v) is 2.82. The number of methoxy groups -OCH3 is 1. The van der Waals surface area contributed by atoms with Crippen LogP contribution in [0, 0.1) is 15.9 Å². The van der Waals surface area contributed by atoms with Crippen LogP contribution in [0.25, 0.3) is 6.08 Å². The third-order valence-electron chi connectivity index (χ3n) is 1.96. The van der Waals surface area contributed by atoms with Gasteiger partial charge >= 0.3 is 11.7 Å². The van der Waals surface area contributed by atoms with Crippen LogP contribution in [0.4, 0.5) is 10.1 Å². The number of benzene rings is 1. The molecule has 1 rings (SSSR count). The number of nitro groups is 1. The first-order valence-corrected chi connectivity index (χ1v) is 4.20. The van der Waals surface area contributed by atoms with E-state index in [0.29, 0.717) is 0 Å². The molecule has 0 saturated heterocycles. The maximum Gasteiger partial charge on any atom is 0.341 e. The highest BCUT2D eigenvalue weighted by Gasteiger charge is 2.25. The van der Waals surface area contributed by atoms with Crippen molar-refractivity contribution in [2.24, 2.45) is 0 Å². The molecule has 0 radical (unpaired) electrons. The Morgan fingerprint density at radius 2 is 2.25 bits per heavy atom. The van der Waals surface area contributed by atoms with Crippen LogP contribution >= 0.6 is 0 Å². The van der Waals surface area contributed by atoms with E-state index in [1.54, 1.807) is 0 Å². The Labute approximate surface area is 90.3 Å². The van der Waals surface area contributed by atoms with Gasteiger partial charge < -0.3 is 4.74 Å². The van der Waals surface area contributed by atoms with Crippen LogP contribution in [-0.2, 0) is 4.74 Å².